The highest BCUT2D eigenvalue weighted by Crippen LogP contribution is 2.25. The maximum Gasteiger partial charge on any atom is 0.226 e. The molecule has 4 rings (SSSR count). The van der Waals surface area contributed by atoms with Crippen LogP contribution in [0.5, 0.6) is 0 Å². The number of aliphatic hydroxyl groups is 1. The number of amides is 1. The highest BCUT2D eigenvalue weighted by molar-refractivity contribution is 7.90. The summed E-state index contributed by atoms with van der Waals surface area (Å²) in [5.74, 6) is -1.85. The molecule has 1 aromatic heterocycles. The molecule has 38 heavy (non-hydrogen) atoms. The molecule has 206 valence electrons. The molecule has 3 unspecified atom stereocenters. The first kappa shape index (κ1) is 28.2. The lowest BCUT2D eigenvalue weighted by Gasteiger charge is -2.27. The smallest absolute Gasteiger partial charge is 0.226 e. The number of benzene rings is 2. The number of nitrogens with one attached hydrogen (secondary N) is 1. The van der Waals surface area contributed by atoms with E-state index in [0.717, 1.165) is 0 Å². The van der Waals surface area contributed by atoms with E-state index >= 15 is 0 Å². The van der Waals surface area contributed by atoms with Gasteiger partial charge in [-0.25, -0.2) is 13.4 Å². The van der Waals surface area contributed by atoms with Gasteiger partial charge in [0, 0.05) is 13.2 Å². The molecule has 1 aliphatic heterocycles. The van der Waals surface area contributed by atoms with Gasteiger partial charge < -0.3 is 24.3 Å². The van der Waals surface area contributed by atoms with Crippen molar-refractivity contribution in [2.45, 2.75) is 56.6 Å². The maximum absolute atomic E-state index is 13.5. The van der Waals surface area contributed by atoms with Gasteiger partial charge in [0.2, 0.25) is 11.8 Å². The second-order valence-electron chi connectivity index (χ2n) is 9.75. The third kappa shape index (κ3) is 7.86. The van der Waals surface area contributed by atoms with Crippen LogP contribution >= 0.6 is 0 Å². The summed E-state index contributed by atoms with van der Waals surface area (Å²) in [6.45, 7) is 3.04. The van der Waals surface area contributed by atoms with Crippen LogP contribution in [0.1, 0.15) is 50.2 Å². The minimum absolute atomic E-state index is 0.0393. The highest BCUT2D eigenvalue weighted by Gasteiger charge is 2.32. The van der Waals surface area contributed by atoms with Crippen LogP contribution in [0.3, 0.4) is 0 Å². The van der Waals surface area contributed by atoms with Gasteiger partial charge in [0.05, 0.1) is 36.2 Å². The van der Waals surface area contributed by atoms with E-state index in [4.69, 9.17) is 13.9 Å². The fraction of sp³-hybridized carbons (Fsp3) is 0.500. The molecule has 3 atom stereocenters. The van der Waals surface area contributed by atoms with Crippen molar-refractivity contribution in [3.63, 3.8) is 0 Å². The molecule has 1 aliphatic rings. The minimum atomic E-state index is -3.63. The Labute approximate surface area is 223 Å². The van der Waals surface area contributed by atoms with Crippen molar-refractivity contribution in [3.8, 4) is 0 Å². The van der Waals surface area contributed by atoms with Gasteiger partial charge in [-0.3, -0.25) is 4.79 Å². The molecule has 1 amide bonds. The normalized spacial score (nSPS) is 17.2. The van der Waals surface area contributed by atoms with Crippen molar-refractivity contribution in [2.24, 2.45) is 5.92 Å². The lowest BCUT2D eigenvalue weighted by molar-refractivity contribution is -0.129. The number of aromatic nitrogens is 1. The third-order valence-electron chi connectivity index (χ3n) is 6.63. The van der Waals surface area contributed by atoms with E-state index in [-0.39, 0.29) is 30.1 Å². The van der Waals surface area contributed by atoms with Crippen LogP contribution in [-0.4, -0.2) is 62.1 Å². The maximum atomic E-state index is 13.5. The SMILES string of the molecule is CCCC(NC(=O)C(COC1CCOCC1)CS(=O)(=O)Cc1ccccc1)C(O)c1nc2ccccc2o1. The monoisotopic (exact) mass is 544 g/mol. The Morgan fingerprint density at radius 1 is 1.13 bits per heavy atom. The van der Waals surface area contributed by atoms with Crippen molar-refractivity contribution in [2.75, 3.05) is 25.6 Å². The average molecular weight is 545 g/mol. The zero-order valence-corrected chi connectivity index (χ0v) is 22.4. The lowest BCUT2D eigenvalue weighted by atomic mass is 10.0. The van der Waals surface area contributed by atoms with Crippen LogP contribution in [0.4, 0.5) is 0 Å². The van der Waals surface area contributed by atoms with Gasteiger partial charge in [-0.1, -0.05) is 55.8 Å². The minimum Gasteiger partial charge on any atom is -0.438 e. The van der Waals surface area contributed by atoms with Crippen molar-refractivity contribution < 1.29 is 32.2 Å². The van der Waals surface area contributed by atoms with Crippen LogP contribution < -0.4 is 5.32 Å². The highest BCUT2D eigenvalue weighted by atomic mass is 32.2. The number of carbonyl (C=O) groups excluding carboxylic acids is 1. The average Bonchev–Trinajstić information content (AvgIpc) is 3.35. The number of rotatable bonds is 13. The molecule has 0 spiro atoms. The van der Waals surface area contributed by atoms with Gasteiger partial charge in [-0.2, -0.15) is 0 Å². The number of nitrogens with zero attached hydrogens (tertiary/aromatic N) is 1. The van der Waals surface area contributed by atoms with Crippen LogP contribution in [0.2, 0.25) is 0 Å². The summed E-state index contributed by atoms with van der Waals surface area (Å²) >= 11 is 0. The summed E-state index contributed by atoms with van der Waals surface area (Å²) < 4.78 is 43.3. The summed E-state index contributed by atoms with van der Waals surface area (Å²) in [6, 6.07) is 15.4. The van der Waals surface area contributed by atoms with Crippen LogP contribution in [0, 0.1) is 5.92 Å². The Bertz CT molecular complexity index is 1240. The first-order chi connectivity index (χ1) is 18.3. The number of aliphatic hydroxyl groups excluding tert-OH is 1. The summed E-state index contributed by atoms with van der Waals surface area (Å²) in [5.41, 5.74) is 1.81. The molecular weight excluding hydrogens is 508 g/mol. The molecule has 1 saturated heterocycles. The van der Waals surface area contributed by atoms with E-state index in [2.05, 4.69) is 10.3 Å². The first-order valence-corrected chi connectivity index (χ1v) is 14.9. The van der Waals surface area contributed by atoms with Crippen molar-refractivity contribution >= 4 is 26.8 Å². The van der Waals surface area contributed by atoms with E-state index in [1.54, 1.807) is 36.4 Å². The first-order valence-electron chi connectivity index (χ1n) is 13.1. The third-order valence-corrected chi connectivity index (χ3v) is 8.31. The second kappa shape index (κ2) is 13.3. The van der Waals surface area contributed by atoms with E-state index in [9.17, 15) is 18.3 Å². The van der Waals surface area contributed by atoms with E-state index in [0.29, 0.717) is 55.6 Å². The summed E-state index contributed by atoms with van der Waals surface area (Å²) in [6.07, 6.45) is 1.24. The van der Waals surface area contributed by atoms with Crippen molar-refractivity contribution in [3.05, 3.63) is 66.1 Å². The van der Waals surface area contributed by atoms with Gasteiger partial charge in [-0.15, -0.1) is 0 Å². The summed E-state index contributed by atoms with van der Waals surface area (Å²) in [5, 5.41) is 13.9. The zero-order valence-electron chi connectivity index (χ0n) is 21.6. The molecule has 9 nitrogen and oxygen atoms in total. The number of hydrogen-bond donors (Lipinski definition) is 2. The Kier molecular flexibility index (Phi) is 9.90. The Morgan fingerprint density at radius 2 is 1.84 bits per heavy atom. The number of carbonyl (C=O) groups is 1. The number of hydrogen-bond acceptors (Lipinski definition) is 8. The Balaban J connectivity index is 1.49. The topological polar surface area (TPSA) is 128 Å². The largest absolute Gasteiger partial charge is 0.438 e. The van der Waals surface area contributed by atoms with Crippen molar-refractivity contribution in [1.29, 1.82) is 0 Å². The number of sulfone groups is 1. The van der Waals surface area contributed by atoms with Crippen molar-refractivity contribution in [1.82, 2.24) is 10.3 Å². The zero-order chi connectivity index (χ0) is 27.0. The number of para-hydroxylation sites is 2. The molecule has 2 N–H and O–H groups in total. The number of fused-ring (bicyclic) bond motifs is 1. The molecule has 0 bridgehead atoms. The molecule has 0 saturated carbocycles. The molecule has 10 heteroatoms. The molecule has 1 fully saturated rings. The molecule has 0 aliphatic carbocycles. The van der Waals surface area contributed by atoms with Crippen LogP contribution in [-0.2, 0) is 29.9 Å². The van der Waals surface area contributed by atoms with Crippen LogP contribution in [0.15, 0.2) is 59.0 Å². The van der Waals surface area contributed by atoms with Gasteiger partial charge in [0.1, 0.15) is 5.52 Å². The van der Waals surface area contributed by atoms with E-state index in [1.807, 2.05) is 25.1 Å². The molecule has 3 aromatic rings. The molecule has 2 heterocycles. The Hall–Kier alpha value is -2.79. The predicted molar refractivity (Wildman–Crippen MR) is 143 cm³/mol. The quantitative estimate of drug-likeness (QED) is 0.334. The molecule has 0 radical (unpaired) electrons. The predicted octanol–water partition coefficient (Wildman–Crippen LogP) is 3.57. The fourth-order valence-corrected chi connectivity index (χ4v) is 6.28. The molecular formula is C28H36N2O7S. The van der Waals surface area contributed by atoms with Gasteiger partial charge >= 0.3 is 0 Å². The summed E-state index contributed by atoms with van der Waals surface area (Å²) in [4.78, 5) is 17.9. The Morgan fingerprint density at radius 3 is 2.55 bits per heavy atom. The fourth-order valence-electron chi connectivity index (χ4n) is 4.60. The second-order valence-corrected chi connectivity index (χ2v) is 11.9. The number of oxazole rings is 1. The summed E-state index contributed by atoms with van der Waals surface area (Å²) in [7, 11) is -3.63. The molecule has 2 aromatic carbocycles. The lowest BCUT2D eigenvalue weighted by Crippen LogP contribution is -2.46. The number of ether oxygens (including phenoxy) is 2. The van der Waals surface area contributed by atoms with Gasteiger partial charge in [-0.05, 0) is 37.0 Å². The van der Waals surface area contributed by atoms with Gasteiger partial charge in [0.15, 0.2) is 21.5 Å². The van der Waals surface area contributed by atoms with E-state index < -0.39 is 33.8 Å². The van der Waals surface area contributed by atoms with E-state index in [1.165, 1.54) is 0 Å². The standard InChI is InChI=1S/C28H36N2O7S/c1-2-8-24(26(31)28-30-23-11-6-7-12-25(23)37-28)29-27(32)21(17-36-22-13-15-35-16-14-22)19-38(33,34)18-20-9-4-3-5-10-20/h3-7,9-12,21-22,24,26,31H,2,8,13-19H2,1H3,(H,29,32). The van der Waals surface area contributed by atoms with Crippen LogP contribution in [0.25, 0.3) is 11.1 Å². The van der Waals surface area contributed by atoms with Gasteiger partial charge in [0.25, 0.3) is 0 Å².